The molecule has 0 saturated carbocycles. The van der Waals surface area contributed by atoms with Gasteiger partial charge in [0.05, 0.1) is 6.42 Å². The second kappa shape index (κ2) is 66.6. The monoisotopic (exact) mass is 1100 g/mol. The van der Waals surface area contributed by atoms with Crippen molar-refractivity contribution >= 4 is 17.9 Å². The van der Waals surface area contributed by atoms with Crippen LogP contribution in [-0.2, 0) is 28.6 Å². The van der Waals surface area contributed by atoms with E-state index in [1.807, 2.05) is 6.08 Å². The molecule has 0 bridgehead atoms. The number of hydrogen-bond acceptors (Lipinski definition) is 6. The Kier molecular flexibility index (Phi) is 63.3. The first kappa shape index (κ1) is 75.1. The van der Waals surface area contributed by atoms with E-state index in [1.54, 1.807) is 6.08 Å². The van der Waals surface area contributed by atoms with Gasteiger partial charge in [-0.2, -0.15) is 0 Å². The molecule has 6 nitrogen and oxygen atoms in total. The van der Waals surface area contributed by atoms with E-state index < -0.39 is 12.1 Å². The summed E-state index contributed by atoms with van der Waals surface area (Å²) in [4.78, 5) is 38.3. The van der Waals surface area contributed by atoms with Crippen LogP contribution in [0, 0.1) is 0 Å². The Bertz CT molecular complexity index is 1590. The molecule has 1 atom stereocenters. The average Bonchev–Trinajstić information content (AvgIpc) is 3.45. The minimum absolute atomic E-state index is 0.113. The van der Waals surface area contributed by atoms with Crippen LogP contribution in [0.25, 0.3) is 0 Å². The van der Waals surface area contributed by atoms with Crippen LogP contribution >= 0.6 is 0 Å². The van der Waals surface area contributed by atoms with Crippen LogP contribution in [0.3, 0.4) is 0 Å². The van der Waals surface area contributed by atoms with Crippen molar-refractivity contribution in [3.8, 4) is 0 Å². The molecule has 0 aromatic rings. The van der Waals surface area contributed by atoms with Crippen molar-refractivity contribution in [3.05, 3.63) is 109 Å². The predicted octanol–water partition coefficient (Wildman–Crippen LogP) is 23.0. The molecule has 0 saturated heterocycles. The maximum Gasteiger partial charge on any atom is 0.309 e. The highest BCUT2D eigenvalue weighted by Crippen LogP contribution is 2.16. The van der Waals surface area contributed by atoms with Gasteiger partial charge in [-0.15, -0.1) is 0 Å². The van der Waals surface area contributed by atoms with Crippen molar-refractivity contribution in [2.45, 2.75) is 322 Å². The molecule has 452 valence electrons. The number of rotatable bonds is 60. The molecule has 0 aromatic heterocycles. The molecule has 0 aliphatic rings. The fourth-order valence-electron chi connectivity index (χ4n) is 9.28. The largest absolute Gasteiger partial charge is 0.462 e. The van der Waals surface area contributed by atoms with E-state index >= 15 is 0 Å². The van der Waals surface area contributed by atoms with Crippen LogP contribution in [0.1, 0.15) is 316 Å². The zero-order valence-corrected chi connectivity index (χ0v) is 51.9. The minimum atomic E-state index is -0.828. The van der Waals surface area contributed by atoms with E-state index in [0.29, 0.717) is 12.8 Å². The van der Waals surface area contributed by atoms with Gasteiger partial charge in [-0.05, 0) is 109 Å². The lowest BCUT2D eigenvalue weighted by Crippen LogP contribution is -2.30. The van der Waals surface area contributed by atoms with Crippen molar-refractivity contribution in [2.75, 3.05) is 13.2 Å². The van der Waals surface area contributed by atoms with Gasteiger partial charge in [-0.1, -0.05) is 297 Å². The summed E-state index contributed by atoms with van der Waals surface area (Å²) in [5.74, 6) is -1.05. The van der Waals surface area contributed by atoms with Crippen LogP contribution < -0.4 is 0 Å². The number of esters is 3. The smallest absolute Gasteiger partial charge is 0.309 e. The number of carbonyl (C=O) groups is 3. The third-order valence-electron chi connectivity index (χ3n) is 14.3. The van der Waals surface area contributed by atoms with Gasteiger partial charge in [0.25, 0.3) is 0 Å². The first-order chi connectivity index (χ1) is 39.0. The zero-order valence-electron chi connectivity index (χ0n) is 51.9. The van der Waals surface area contributed by atoms with E-state index in [2.05, 4.69) is 118 Å². The van der Waals surface area contributed by atoms with Crippen LogP contribution in [0.4, 0.5) is 0 Å². The normalized spacial score (nSPS) is 12.8. The summed E-state index contributed by atoms with van der Waals surface area (Å²) in [6.45, 7) is 6.44. The summed E-state index contributed by atoms with van der Waals surface area (Å²) >= 11 is 0. The van der Waals surface area contributed by atoms with Crippen LogP contribution in [0.15, 0.2) is 109 Å². The third-order valence-corrected chi connectivity index (χ3v) is 14.3. The molecule has 1 unspecified atom stereocenters. The second-order valence-electron chi connectivity index (χ2n) is 22.0. The topological polar surface area (TPSA) is 78.9 Å². The summed E-state index contributed by atoms with van der Waals surface area (Å²) in [5.41, 5.74) is 0. The summed E-state index contributed by atoms with van der Waals surface area (Å²) in [5, 5.41) is 0. The molecule has 0 N–H and O–H groups in total. The Hall–Kier alpha value is -3.93. The van der Waals surface area contributed by atoms with Gasteiger partial charge in [0.1, 0.15) is 13.2 Å². The molecule has 0 rings (SSSR count). The molecule has 0 fully saturated rings. The number of allylic oxidation sites excluding steroid dienone is 17. The number of hydrogen-bond donors (Lipinski definition) is 0. The Morgan fingerprint density at radius 2 is 0.544 bits per heavy atom. The molecule has 0 spiro atoms. The Labute approximate surface area is 489 Å². The molecule has 0 radical (unpaired) electrons. The first-order valence-electron chi connectivity index (χ1n) is 33.4. The summed E-state index contributed by atoms with van der Waals surface area (Å²) in [7, 11) is 0. The number of unbranched alkanes of at least 4 members (excludes halogenated alkanes) is 32. The van der Waals surface area contributed by atoms with E-state index in [-0.39, 0.29) is 31.6 Å². The van der Waals surface area contributed by atoms with Crippen LogP contribution in [-0.4, -0.2) is 37.2 Å². The fourth-order valence-corrected chi connectivity index (χ4v) is 9.28. The zero-order chi connectivity index (χ0) is 57.1. The average molecular weight is 1100 g/mol. The Morgan fingerprint density at radius 1 is 0.278 bits per heavy atom. The Morgan fingerprint density at radius 3 is 0.899 bits per heavy atom. The van der Waals surface area contributed by atoms with Gasteiger partial charge >= 0.3 is 17.9 Å². The number of carbonyl (C=O) groups excluding carboxylic acids is 3. The van der Waals surface area contributed by atoms with Crippen LogP contribution in [0.2, 0.25) is 0 Å². The maximum atomic E-state index is 12.9. The van der Waals surface area contributed by atoms with E-state index in [4.69, 9.17) is 14.2 Å². The molecule has 0 aliphatic carbocycles. The Balaban J connectivity index is 4.41. The standard InChI is InChI=1S/C73H124O6/c1-4-7-10-13-16-19-22-25-28-30-32-34-35-36-37-39-40-42-45-48-51-54-57-60-63-66-72(75)78-69-70(68-77-71(74)65-62-59-56-53-50-47-44-27-24-21-18-15-12-9-6-3)79-73(76)67-64-61-58-55-52-49-46-43-41-38-33-31-29-26-23-20-17-14-11-8-5-2/h9,12,18,21,23,26-27,30-33,41,43-44,50,53,59,62,70H,4-8,10-11,13-17,19-20,22,24-25,28-29,34-40,42,45-49,51-52,54-58,60-61,63-69H2,1-3H3/b12-9-,21-18-,26-23-,32-30-,33-31-,43-41-,44-27-,53-50-,62-59-. The molecule has 0 aliphatic heterocycles. The third kappa shape index (κ3) is 64.8. The molecule has 6 heteroatoms. The van der Waals surface area contributed by atoms with Gasteiger partial charge in [0, 0.05) is 12.8 Å². The van der Waals surface area contributed by atoms with Gasteiger partial charge < -0.3 is 14.2 Å². The van der Waals surface area contributed by atoms with Crippen LogP contribution in [0.5, 0.6) is 0 Å². The van der Waals surface area contributed by atoms with Crippen molar-refractivity contribution in [2.24, 2.45) is 0 Å². The van der Waals surface area contributed by atoms with E-state index in [1.165, 1.54) is 180 Å². The maximum absolute atomic E-state index is 12.9. The summed E-state index contributed by atoms with van der Waals surface area (Å²) in [6, 6.07) is 0. The van der Waals surface area contributed by atoms with Crippen molar-refractivity contribution in [1.82, 2.24) is 0 Å². The quantitative estimate of drug-likeness (QED) is 0.0261. The highest BCUT2D eigenvalue weighted by molar-refractivity contribution is 5.72. The van der Waals surface area contributed by atoms with Crippen molar-refractivity contribution in [3.63, 3.8) is 0 Å². The predicted molar refractivity (Wildman–Crippen MR) is 343 cm³/mol. The molecule has 79 heavy (non-hydrogen) atoms. The highest BCUT2D eigenvalue weighted by atomic mass is 16.6. The molecular formula is C73H124O6. The highest BCUT2D eigenvalue weighted by Gasteiger charge is 2.19. The van der Waals surface area contributed by atoms with E-state index in [0.717, 1.165) is 96.3 Å². The summed E-state index contributed by atoms with van der Waals surface area (Å²) < 4.78 is 16.8. The summed E-state index contributed by atoms with van der Waals surface area (Å²) in [6.07, 6.45) is 91.3. The first-order valence-corrected chi connectivity index (χ1v) is 33.4. The van der Waals surface area contributed by atoms with Crippen molar-refractivity contribution in [1.29, 1.82) is 0 Å². The lowest BCUT2D eigenvalue weighted by atomic mass is 10.0. The minimum Gasteiger partial charge on any atom is -0.462 e. The molecule has 0 aromatic carbocycles. The van der Waals surface area contributed by atoms with Gasteiger partial charge in [0.15, 0.2) is 6.10 Å². The SMILES string of the molecule is CC/C=C\C/C=C\C/C=C\C/C=C\C/C=C\CC(=O)OCC(COC(=O)CCCCCCCCCCCCCCC/C=C\CCCCCCCCCC)OC(=O)CCCCCCCC/C=C\C/C=C\C/C=C\CCCCCCC. The van der Waals surface area contributed by atoms with Crippen molar-refractivity contribution < 1.29 is 28.6 Å². The van der Waals surface area contributed by atoms with Gasteiger partial charge in [0.2, 0.25) is 0 Å². The van der Waals surface area contributed by atoms with Gasteiger partial charge in [-0.3, -0.25) is 14.4 Å². The lowest BCUT2D eigenvalue weighted by Gasteiger charge is -2.18. The second-order valence-corrected chi connectivity index (χ2v) is 22.0. The molecule has 0 heterocycles. The molecule has 0 amide bonds. The van der Waals surface area contributed by atoms with Gasteiger partial charge in [-0.25, -0.2) is 0 Å². The van der Waals surface area contributed by atoms with E-state index in [9.17, 15) is 14.4 Å². The molecular weight excluding hydrogens is 973 g/mol. The number of ether oxygens (including phenoxy) is 3. The fraction of sp³-hybridized carbons (Fsp3) is 0.712. The lowest BCUT2D eigenvalue weighted by molar-refractivity contribution is -0.166.